The number of ether oxygens (including phenoxy) is 1. The molecular formula is C16H19FN2OS. The highest BCUT2D eigenvalue weighted by Crippen LogP contribution is 2.31. The van der Waals surface area contributed by atoms with Crippen LogP contribution in [0.3, 0.4) is 0 Å². The number of nitrogen functional groups attached to an aromatic ring is 1. The van der Waals surface area contributed by atoms with Gasteiger partial charge in [-0.15, -0.1) is 11.3 Å². The van der Waals surface area contributed by atoms with Gasteiger partial charge in [0.1, 0.15) is 0 Å². The molecule has 2 aromatic rings. The van der Waals surface area contributed by atoms with E-state index in [0.717, 1.165) is 0 Å². The standard InChI is InChI=1S/C16H19FN2OS/c17-15-12(13-10-21-16(18)19-13)7-4-8-14(15)20-9-11-5-2-1-3-6-11/h4,7-8,10-11H,1-3,5-6,9H2,(H2,18,19). The average molecular weight is 306 g/mol. The summed E-state index contributed by atoms with van der Waals surface area (Å²) < 4.78 is 20.2. The van der Waals surface area contributed by atoms with Gasteiger partial charge >= 0.3 is 0 Å². The highest BCUT2D eigenvalue weighted by Gasteiger charge is 2.17. The van der Waals surface area contributed by atoms with Gasteiger partial charge in [-0.05, 0) is 30.9 Å². The van der Waals surface area contributed by atoms with E-state index in [1.807, 2.05) is 0 Å². The number of nitrogens with two attached hydrogens (primary N) is 1. The number of hydrogen-bond donors (Lipinski definition) is 1. The van der Waals surface area contributed by atoms with Crippen LogP contribution in [0.15, 0.2) is 23.6 Å². The Morgan fingerprint density at radius 1 is 1.29 bits per heavy atom. The molecule has 1 heterocycles. The molecule has 0 aliphatic heterocycles. The maximum absolute atomic E-state index is 14.5. The van der Waals surface area contributed by atoms with Crippen molar-refractivity contribution in [3.05, 3.63) is 29.4 Å². The molecule has 1 aromatic carbocycles. The molecule has 0 saturated heterocycles. The van der Waals surface area contributed by atoms with Crippen molar-refractivity contribution >= 4 is 16.5 Å². The van der Waals surface area contributed by atoms with E-state index in [-0.39, 0.29) is 5.82 Å². The Morgan fingerprint density at radius 2 is 2.10 bits per heavy atom. The molecular weight excluding hydrogens is 287 g/mol. The van der Waals surface area contributed by atoms with E-state index >= 15 is 0 Å². The lowest BCUT2D eigenvalue weighted by atomic mass is 9.90. The van der Waals surface area contributed by atoms with Crippen molar-refractivity contribution in [3.63, 3.8) is 0 Å². The average Bonchev–Trinajstić information content (AvgIpc) is 2.94. The molecule has 2 N–H and O–H groups in total. The van der Waals surface area contributed by atoms with E-state index in [1.165, 1.54) is 43.4 Å². The number of benzene rings is 1. The van der Waals surface area contributed by atoms with Crippen molar-refractivity contribution in [1.29, 1.82) is 0 Å². The van der Waals surface area contributed by atoms with Crippen molar-refractivity contribution in [1.82, 2.24) is 4.98 Å². The largest absolute Gasteiger partial charge is 0.490 e. The quantitative estimate of drug-likeness (QED) is 0.905. The zero-order valence-electron chi connectivity index (χ0n) is 11.8. The second-order valence-corrected chi connectivity index (χ2v) is 6.39. The predicted octanol–water partition coefficient (Wildman–Crippen LogP) is 4.49. The van der Waals surface area contributed by atoms with Crippen LogP contribution in [0.5, 0.6) is 5.75 Å². The third-order valence-electron chi connectivity index (χ3n) is 3.96. The lowest BCUT2D eigenvalue weighted by Gasteiger charge is -2.22. The number of aromatic nitrogens is 1. The van der Waals surface area contributed by atoms with Gasteiger partial charge in [0, 0.05) is 10.9 Å². The fraction of sp³-hybridized carbons (Fsp3) is 0.438. The molecule has 1 aromatic heterocycles. The van der Waals surface area contributed by atoms with Gasteiger partial charge in [0.25, 0.3) is 0 Å². The molecule has 1 saturated carbocycles. The second-order valence-electron chi connectivity index (χ2n) is 5.50. The Bertz CT molecular complexity index is 608. The number of nitrogens with zero attached hydrogens (tertiary/aromatic N) is 1. The fourth-order valence-corrected chi connectivity index (χ4v) is 3.36. The summed E-state index contributed by atoms with van der Waals surface area (Å²) in [5, 5.41) is 2.21. The van der Waals surface area contributed by atoms with Crippen LogP contribution < -0.4 is 10.5 Å². The van der Waals surface area contributed by atoms with Crippen molar-refractivity contribution in [2.75, 3.05) is 12.3 Å². The van der Waals surface area contributed by atoms with Crippen LogP contribution in [0, 0.1) is 11.7 Å². The molecule has 0 spiro atoms. The molecule has 0 radical (unpaired) electrons. The molecule has 0 amide bonds. The molecule has 0 atom stereocenters. The number of rotatable bonds is 4. The van der Waals surface area contributed by atoms with Crippen LogP contribution in [-0.2, 0) is 0 Å². The first-order chi connectivity index (χ1) is 10.2. The van der Waals surface area contributed by atoms with E-state index in [9.17, 15) is 4.39 Å². The zero-order valence-corrected chi connectivity index (χ0v) is 12.7. The zero-order chi connectivity index (χ0) is 14.7. The summed E-state index contributed by atoms with van der Waals surface area (Å²) in [5.41, 5.74) is 6.63. The Hall–Kier alpha value is -1.62. The molecule has 5 heteroatoms. The van der Waals surface area contributed by atoms with Gasteiger partial charge < -0.3 is 10.5 Å². The van der Waals surface area contributed by atoms with Crippen LogP contribution in [0.2, 0.25) is 0 Å². The Labute approximate surface area is 128 Å². The molecule has 0 bridgehead atoms. The predicted molar refractivity (Wildman–Crippen MR) is 84.0 cm³/mol. The van der Waals surface area contributed by atoms with Crippen LogP contribution in [-0.4, -0.2) is 11.6 Å². The topological polar surface area (TPSA) is 48.1 Å². The lowest BCUT2D eigenvalue weighted by Crippen LogP contribution is -2.15. The van der Waals surface area contributed by atoms with E-state index < -0.39 is 0 Å². The summed E-state index contributed by atoms with van der Waals surface area (Å²) in [5.74, 6) is 0.514. The first kappa shape index (κ1) is 14.3. The molecule has 112 valence electrons. The summed E-state index contributed by atoms with van der Waals surface area (Å²) >= 11 is 1.31. The van der Waals surface area contributed by atoms with Gasteiger partial charge in [-0.1, -0.05) is 25.3 Å². The molecule has 0 unspecified atom stereocenters. The van der Waals surface area contributed by atoms with Gasteiger partial charge in [-0.2, -0.15) is 0 Å². The van der Waals surface area contributed by atoms with Crippen molar-refractivity contribution in [3.8, 4) is 17.0 Å². The van der Waals surface area contributed by atoms with Gasteiger partial charge in [-0.3, -0.25) is 0 Å². The SMILES string of the molecule is Nc1nc(-c2cccc(OCC3CCCCC3)c2F)cs1. The third kappa shape index (κ3) is 3.35. The normalized spacial score (nSPS) is 16.0. The minimum atomic E-state index is -0.349. The summed E-state index contributed by atoms with van der Waals surface area (Å²) in [6.45, 7) is 0.597. The fourth-order valence-electron chi connectivity index (χ4n) is 2.79. The van der Waals surface area contributed by atoms with E-state index in [2.05, 4.69) is 4.98 Å². The van der Waals surface area contributed by atoms with Crippen molar-refractivity contribution < 1.29 is 9.13 Å². The highest BCUT2D eigenvalue weighted by molar-refractivity contribution is 7.13. The molecule has 21 heavy (non-hydrogen) atoms. The Balaban J connectivity index is 1.73. The first-order valence-electron chi connectivity index (χ1n) is 7.36. The van der Waals surface area contributed by atoms with Gasteiger partial charge in [0.05, 0.1) is 12.3 Å². The Morgan fingerprint density at radius 3 is 2.81 bits per heavy atom. The molecule has 3 nitrogen and oxygen atoms in total. The van der Waals surface area contributed by atoms with Crippen molar-refractivity contribution in [2.24, 2.45) is 5.92 Å². The van der Waals surface area contributed by atoms with E-state index in [0.29, 0.717) is 34.7 Å². The van der Waals surface area contributed by atoms with Crippen LogP contribution >= 0.6 is 11.3 Å². The molecule has 3 rings (SSSR count). The molecule has 1 fully saturated rings. The number of thiazole rings is 1. The molecule has 1 aliphatic carbocycles. The van der Waals surface area contributed by atoms with E-state index in [1.54, 1.807) is 23.6 Å². The minimum Gasteiger partial charge on any atom is -0.490 e. The summed E-state index contributed by atoms with van der Waals surface area (Å²) in [6, 6.07) is 5.18. The number of anilines is 1. The van der Waals surface area contributed by atoms with Gasteiger partial charge in [0.15, 0.2) is 16.7 Å². The minimum absolute atomic E-state index is 0.310. The summed E-state index contributed by atoms with van der Waals surface area (Å²) in [7, 11) is 0. The monoisotopic (exact) mass is 306 g/mol. The first-order valence-corrected chi connectivity index (χ1v) is 8.24. The van der Waals surface area contributed by atoms with Gasteiger partial charge in [0.2, 0.25) is 0 Å². The summed E-state index contributed by atoms with van der Waals surface area (Å²) in [6.07, 6.45) is 6.20. The van der Waals surface area contributed by atoms with Gasteiger partial charge in [-0.25, -0.2) is 9.37 Å². The maximum atomic E-state index is 14.5. The number of hydrogen-bond acceptors (Lipinski definition) is 4. The van der Waals surface area contributed by atoms with Crippen LogP contribution in [0.25, 0.3) is 11.3 Å². The summed E-state index contributed by atoms with van der Waals surface area (Å²) in [4.78, 5) is 4.13. The van der Waals surface area contributed by atoms with Crippen molar-refractivity contribution in [2.45, 2.75) is 32.1 Å². The third-order valence-corrected chi connectivity index (χ3v) is 4.63. The lowest BCUT2D eigenvalue weighted by molar-refractivity contribution is 0.202. The Kier molecular flexibility index (Phi) is 4.39. The second kappa shape index (κ2) is 6.43. The highest BCUT2D eigenvalue weighted by atomic mass is 32.1. The van der Waals surface area contributed by atoms with Crippen LogP contribution in [0.1, 0.15) is 32.1 Å². The van der Waals surface area contributed by atoms with E-state index in [4.69, 9.17) is 10.5 Å². The number of halogens is 1. The van der Waals surface area contributed by atoms with Crippen LogP contribution in [0.4, 0.5) is 9.52 Å². The molecule has 1 aliphatic rings. The maximum Gasteiger partial charge on any atom is 0.180 e. The smallest absolute Gasteiger partial charge is 0.180 e.